The van der Waals surface area contributed by atoms with Crippen LogP contribution in [0.4, 0.5) is 13.2 Å². The lowest BCUT2D eigenvalue weighted by Crippen LogP contribution is -2.35. The largest absolute Gasteiger partial charge is 0.401 e. The average molecular weight is 261 g/mol. The van der Waals surface area contributed by atoms with Crippen LogP contribution in [0.2, 0.25) is 0 Å². The zero-order chi connectivity index (χ0) is 13.8. The van der Waals surface area contributed by atoms with Crippen molar-refractivity contribution in [3.05, 3.63) is 35.9 Å². The Hall–Kier alpha value is -1.07. The molecule has 0 aliphatic heterocycles. The smallest absolute Gasteiger partial charge is 0.388 e. The first-order valence-corrected chi connectivity index (χ1v) is 5.78. The van der Waals surface area contributed by atoms with E-state index in [-0.39, 0.29) is 12.5 Å². The van der Waals surface area contributed by atoms with Gasteiger partial charge < -0.3 is 5.11 Å². The highest BCUT2D eigenvalue weighted by molar-refractivity contribution is 5.17. The van der Waals surface area contributed by atoms with Gasteiger partial charge in [0.05, 0.1) is 12.6 Å². The normalized spacial score (nSPS) is 15.7. The van der Waals surface area contributed by atoms with Gasteiger partial charge in [0.2, 0.25) is 0 Å². The van der Waals surface area contributed by atoms with Crippen molar-refractivity contribution in [2.24, 2.45) is 5.92 Å². The number of benzene rings is 1. The second-order valence-corrected chi connectivity index (χ2v) is 4.64. The van der Waals surface area contributed by atoms with E-state index < -0.39 is 18.8 Å². The van der Waals surface area contributed by atoms with E-state index in [1.54, 1.807) is 31.2 Å². The fraction of sp³-hybridized carbons (Fsp3) is 0.538. The molecule has 5 heteroatoms. The van der Waals surface area contributed by atoms with Crippen molar-refractivity contribution in [2.45, 2.75) is 19.2 Å². The van der Waals surface area contributed by atoms with E-state index in [0.29, 0.717) is 0 Å². The molecule has 2 atom stereocenters. The third-order valence-electron chi connectivity index (χ3n) is 2.73. The Bertz CT molecular complexity index is 353. The number of aliphatic hydroxyl groups excluding tert-OH is 1. The summed E-state index contributed by atoms with van der Waals surface area (Å²) in [6.45, 7) is 0.971. The van der Waals surface area contributed by atoms with Crippen LogP contribution >= 0.6 is 0 Å². The number of rotatable bonds is 5. The van der Waals surface area contributed by atoms with Gasteiger partial charge in [-0.2, -0.15) is 13.2 Å². The molecule has 0 fully saturated rings. The molecule has 102 valence electrons. The van der Waals surface area contributed by atoms with Crippen LogP contribution in [0.3, 0.4) is 0 Å². The molecule has 0 saturated carbocycles. The number of aliphatic hydroxyl groups is 1. The maximum atomic E-state index is 12.2. The monoisotopic (exact) mass is 261 g/mol. The summed E-state index contributed by atoms with van der Waals surface area (Å²) in [6.07, 6.45) is -4.95. The summed E-state index contributed by atoms with van der Waals surface area (Å²) in [6, 6.07) is 8.96. The minimum atomic E-state index is -4.20. The molecule has 0 spiro atoms. The van der Waals surface area contributed by atoms with Crippen molar-refractivity contribution in [3.8, 4) is 0 Å². The molecule has 2 nitrogen and oxygen atoms in total. The Labute approximate surface area is 105 Å². The molecule has 0 aliphatic carbocycles. The minimum absolute atomic E-state index is 0.190. The Morgan fingerprint density at radius 1 is 1.22 bits per heavy atom. The fourth-order valence-electron chi connectivity index (χ4n) is 1.94. The van der Waals surface area contributed by atoms with E-state index in [2.05, 4.69) is 0 Å². The first kappa shape index (κ1) is 15.0. The molecule has 0 aliphatic rings. The quantitative estimate of drug-likeness (QED) is 0.881. The van der Waals surface area contributed by atoms with Crippen LogP contribution in [0.1, 0.15) is 18.6 Å². The van der Waals surface area contributed by atoms with Gasteiger partial charge in [0.1, 0.15) is 0 Å². The third-order valence-corrected chi connectivity index (χ3v) is 2.73. The zero-order valence-electron chi connectivity index (χ0n) is 10.5. The number of halogens is 3. The topological polar surface area (TPSA) is 23.5 Å². The maximum Gasteiger partial charge on any atom is 0.401 e. The predicted octanol–water partition coefficient (Wildman–Crippen LogP) is 2.85. The molecule has 2 unspecified atom stereocenters. The van der Waals surface area contributed by atoms with Gasteiger partial charge in [0, 0.05) is 6.54 Å². The van der Waals surface area contributed by atoms with Gasteiger partial charge in [0.25, 0.3) is 0 Å². The van der Waals surface area contributed by atoms with Crippen LogP contribution in [0.5, 0.6) is 0 Å². The second-order valence-electron chi connectivity index (χ2n) is 4.64. The van der Waals surface area contributed by atoms with Crippen molar-refractivity contribution in [1.82, 2.24) is 4.90 Å². The Morgan fingerprint density at radius 2 is 1.78 bits per heavy atom. The van der Waals surface area contributed by atoms with Gasteiger partial charge in [-0.3, -0.25) is 4.90 Å². The first-order valence-electron chi connectivity index (χ1n) is 5.78. The highest BCUT2D eigenvalue weighted by atomic mass is 19.4. The molecule has 0 saturated heterocycles. The summed E-state index contributed by atoms with van der Waals surface area (Å²) in [5, 5.41) is 10.0. The Balaban J connectivity index is 2.52. The molecule has 0 amide bonds. The molecule has 0 heterocycles. The van der Waals surface area contributed by atoms with Crippen LogP contribution in [0.25, 0.3) is 0 Å². The number of alkyl halides is 3. The number of hydrogen-bond donors (Lipinski definition) is 1. The van der Waals surface area contributed by atoms with Crippen molar-refractivity contribution >= 4 is 0 Å². The molecule has 1 aromatic rings. The van der Waals surface area contributed by atoms with Gasteiger partial charge in [-0.25, -0.2) is 0 Å². The van der Waals surface area contributed by atoms with Crippen molar-refractivity contribution in [1.29, 1.82) is 0 Å². The molecule has 18 heavy (non-hydrogen) atoms. The molecule has 0 aromatic heterocycles. The standard InChI is InChI=1S/C13H18F3NO/c1-10(8-17(2)9-13(14,15)16)12(18)11-6-4-3-5-7-11/h3-7,10,12,18H,8-9H2,1-2H3. The van der Waals surface area contributed by atoms with E-state index >= 15 is 0 Å². The Kier molecular flexibility index (Phi) is 5.16. The van der Waals surface area contributed by atoms with E-state index in [4.69, 9.17) is 0 Å². The zero-order valence-corrected chi connectivity index (χ0v) is 10.5. The van der Waals surface area contributed by atoms with Crippen molar-refractivity contribution in [2.75, 3.05) is 20.1 Å². The van der Waals surface area contributed by atoms with Crippen LogP contribution in [0.15, 0.2) is 30.3 Å². The summed E-state index contributed by atoms with van der Waals surface area (Å²) in [4.78, 5) is 1.18. The van der Waals surface area contributed by atoms with Gasteiger partial charge in [0.15, 0.2) is 0 Å². The molecule has 0 radical (unpaired) electrons. The summed E-state index contributed by atoms with van der Waals surface area (Å²) >= 11 is 0. The average Bonchev–Trinajstić information content (AvgIpc) is 2.26. The summed E-state index contributed by atoms with van der Waals surface area (Å²) in [7, 11) is 1.40. The van der Waals surface area contributed by atoms with E-state index in [9.17, 15) is 18.3 Å². The molecule has 1 aromatic carbocycles. The lowest BCUT2D eigenvalue weighted by atomic mass is 9.97. The van der Waals surface area contributed by atoms with Gasteiger partial charge >= 0.3 is 6.18 Å². The van der Waals surface area contributed by atoms with Crippen LogP contribution in [0, 0.1) is 5.92 Å². The van der Waals surface area contributed by atoms with Crippen LogP contribution < -0.4 is 0 Å². The summed E-state index contributed by atoms with van der Waals surface area (Å²) in [5.41, 5.74) is 0.727. The van der Waals surface area contributed by atoms with Crippen LogP contribution in [-0.4, -0.2) is 36.3 Å². The fourth-order valence-corrected chi connectivity index (χ4v) is 1.94. The van der Waals surface area contributed by atoms with Gasteiger partial charge in [-0.15, -0.1) is 0 Å². The van der Waals surface area contributed by atoms with Crippen molar-refractivity contribution in [3.63, 3.8) is 0 Å². The van der Waals surface area contributed by atoms with E-state index in [0.717, 1.165) is 5.56 Å². The number of hydrogen-bond acceptors (Lipinski definition) is 2. The molecule has 1 N–H and O–H groups in total. The first-order chi connectivity index (χ1) is 8.29. The minimum Gasteiger partial charge on any atom is -0.388 e. The highest BCUT2D eigenvalue weighted by Crippen LogP contribution is 2.23. The molecular weight excluding hydrogens is 243 g/mol. The Morgan fingerprint density at radius 3 is 2.28 bits per heavy atom. The van der Waals surface area contributed by atoms with Crippen LogP contribution in [-0.2, 0) is 0 Å². The SMILES string of the molecule is CC(CN(C)CC(F)(F)F)C(O)c1ccccc1. The summed E-state index contributed by atoms with van der Waals surface area (Å²) in [5.74, 6) is -0.264. The number of nitrogens with zero attached hydrogens (tertiary/aromatic N) is 1. The van der Waals surface area contributed by atoms with Crippen molar-refractivity contribution < 1.29 is 18.3 Å². The third kappa shape index (κ3) is 5.06. The van der Waals surface area contributed by atoms with Gasteiger partial charge in [-0.1, -0.05) is 37.3 Å². The second kappa shape index (κ2) is 6.20. The lowest BCUT2D eigenvalue weighted by Gasteiger charge is -2.25. The predicted molar refractivity (Wildman–Crippen MR) is 64.1 cm³/mol. The lowest BCUT2D eigenvalue weighted by molar-refractivity contribution is -0.145. The molecule has 1 rings (SSSR count). The highest BCUT2D eigenvalue weighted by Gasteiger charge is 2.30. The molecular formula is C13H18F3NO. The van der Waals surface area contributed by atoms with E-state index in [1.165, 1.54) is 11.9 Å². The summed E-state index contributed by atoms with van der Waals surface area (Å²) < 4.78 is 36.5. The molecule has 0 bridgehead atoms. The van der Waals surface area contributed by atoms with E-state index in [1.807, 2.05) is 6.07 Å². The maximum absolute atomic E-state index is 12.2. The van der Waals surface area contributed by atoms with Gasteiger partial charge in [-0.05, 0) is 18.5 Å².